The molecule has 14 heteroatoms. The molecule has 2 aromatic rings. The monoisotopic (exact) mass is 655 g/mol. The third kappa shape index (κ3) is 15.3. The van der Waals surface area contributed by atoms with Crippen LogP contribution in [0.3, 0.4) is 0 Å². The Kier molecular flexibility index (Phi) is 26.0. The number of para-hydroxylation sites is 1. The Balaban J connectivity index is 0. The van der Waals surface area contributed by atoms with Crippen LogP contribution >= 0.6 is 0 Å². The predicted octanol–water partition coefficient (Wildman–Crippen LogP) is 3.22. The van der Waals surface area contributed by atoms with E-state index in [1.165, 1.54) is 0 Å². The van der Waals surface area contributed by atoms with Gasteiger partial charge in [-0.25, -0.2) is 4.39 Å². The third-order valence-corrected chi connectivity index (χ3v) is 6.08. The van der Waals surface area contributed by atoms with Gasteiger partial charge < -0.3 is 45.1 Å². The van der Waals surface area contributed by atoms with E-state index in [9.17, 15) is 47.9 Å². The number of nitrogens with one attached hydrogen (secondary N) is 1. The molecule has 0 aliphatic carbocycles. The van der Waals surface area contributed by atoms with Crippen molar-refractivity contribution in [3.8, 4) is 11.5 Å². The molecule has 1 fully saturated rings. The van der Waals surface area contributed by atoms with Gasteiger partial charge in [-0.15, -0.1) is 0 Å². The quantitative estimate of drug-likeness (QED) is 0.189. The number of carbonyl (C=O) groups excluding carboxylic acids is 1. The number of benzene rings is 2. The minimum Gasteiger partial charge on any atom is -0.457 e. The smallest absolute Gasteiger partial charge is 0.224 e. The molecule has 45 heavy (non-hydrogen) atoms. The summed E-state index contributed by atoms with van der Waals surface area (Å²) in [7, 11) is 1.50. The van der Waals surface area contributed by atoms with Gasteiger partial charge in [0, 0.05) is 0 Å². The summed E-state index contributed by atoms with van der Waals surface area (Å²) in [6, 6.07) is 15.0. The van der Waals surface area contributed by atoms with Crippen molar-refractivity contribution in [3.05, 3.63) is 60.2 Å². The Bertz CT molecular complexity index is 977. The van der Waals surface area contributed by atoms with Gasteiger partial charge in [0.05, 0.1) is 53.3 Å². The molecule has 0 bridgehead atoms. The van der Waals surface area contributed by atoms with Crippen molar-refractivity contribution in [1.29, 1.82) is 0 Å². The average Bonchev–Trinajstić information content (AvgIpc) is 3.10. The normalized spacial score (nSPS) is 22.1. The molecule has 1 saturated heterocycles. The van der Waals surface area contributed by atoms with E-state index in [4.69, 9.17) is 14.2 Å². The summed E-state index contributed by atoms with van der Waals surface area (Å²) < 4.78 is 58.8. The van der Waals surface area contributed by atoms with E-state index in [1.54, 1.807) is 31.2 Å². The van der Waals surface area contributed by atoms with Crippen LogP contribution in [0.2, 0.25) is 0 Å². The highest BCUT2D eigenvalue weighted by molar-refractivity contribution is 5.79. The van der Waals surface area contributed by atoms with E-state index in [0.29, 0.717) is 38.6 Å². The molecule has 1 aliphatic heterocycles. The summed E-state index contributed by atoms with van der Waals surface area (Å²) in [6.07, 6.45) is -11.1. The highest BCUT2D eigenvalue weighted by atomic mass is 19.1. The number of alkyl halides is 4. The van der Waals surface area contributed by atoms with Crippen LogP contribution in [-0.4, -0.2) is 115 Å². The molecule has 1 heterocycles. The number of halogens is 4. The molecular weight excluding hydrogens is 606 g/mol. The second kappa shape index (κ2) is 26.4. The van der Waals surface area contributed by atoms with Crippen molar-refractivity contribution < 1.29 is 62.1 Å². The number of carbonyl (C=O) groups is 1. The number of ether oxygens (including phenoxy) is 3. The second-order valence-electron chi connectivity index (χ2n) is 8.86. The molecule has 6 N–H and O–H groups in total. The number of amides is 1. The number of rotatable bonds is 12. The summed E-state index contributed by atoms with van der Waals surface area (Å²) in [6.45, 7) is 4.46. The summed E-state index contributed by atoms with van der Waals surface area (Å²) >= 11 is 0. The fourth-order valence-electron chi connectivity index (χ4n) is 3.86. The number of hydrogen-bond donors (Lipinski definition) is 6. The van der Waals surface area contributed by atoms with Gasteiger partial charge in [-0.3, -0.25) is 18.0 Å². The molecule has 1 aliphatic rings. The van der Waals surface area contributed by atoms with Crippen LogP contribution in [0.25, 0.3) is 0 Å². The zero-order valence-electron chi connectivity index (χ0n) is 26.5. The first kappa shape index (κ1) is 44.3. The van der Waals surface area contributed by atoms with E-state index >= 15 is 0 Å². The lowest BCUT2D eigenvalue weighted by molar-refractivity contribution is -0.293. The first-order valence-corrected chi connectivity index (χ1v) is 14.2. The van der Waals surface area contributed by atoms with Crippen molar-refractivity contribution in [2.45, 2.75) is 82.6 Å². The Labute approximate surface area is 262 Å². The highest BCUT2D eigenvalue weighted by Gasteiger charge is 2.45. The zero-order valence-corrected chi connectivity index (χ0v) is 26.5. The SMILES string of the molecule is CC.CC[C@@H](O)[C@@H](O)[C@H](CO[C@H]1OC(CO)[C@H](F)[C@H](O)C1O)NC(=O)Cc1ccc(Oc2ccccc2)cc1.CF.CF.CF. The maximum Gasteiger partial charge on any atom is 0.224 e. The van der Waals surface area contributed by atoms with Crippen molar-refractivity contribution in [1.82, 2.24) is 5.32 Å². The van der Waals surface area contributed by atoms with Gasteiger partial charge in [-0.05, 0) is 36.2 Å². The maximum atomic E-state index is 14.0. The molecule has 260 valence electrons. The predicted molar refractivity (Wildman–Crippen MR) is 162 cm³/mol. The van der Waals surface area contributed by atoms with Crippen LogP contribution in [-0.2, 0) is 20.7 Å². The van der Waals surface area contributed by atoms with E-state index in [-0.39, 0.29) is 12.8 Å². The van der Waals surface area contributed by atoms with Gasteiger partial charge in [0.2, 0.25) is 5.91 Å². The molecule has 0 aromatic heterocycles. The van der Waals surface area contributed by atoms with E-state index in [2.05, 4.69) is 5.32 Å². The summed E-state index contributed by atoms with van der Waals surface area (Å²) in [4.78, 5) is 12.7. The lowest BCUT2D eigenvalue weighted by atomic mass is 10.0. The topological polar surface area (TPSA) is 158 Å². The number of hydrogen-bond acceptors (Lipinski definition) is 9. The number of aliphatic hydroxyl groups excluding tert-OH is 5. The van der Waals surface area contributed by atoms with Crippen molar-refractivity contribution in [2.24, 2.45) is 0 Å². The summed E-state index contributed by atoms with van der Waals surface area (Å²) in [5, 5.41) is 52.5. The third-order valence-electron chi connectivity index (χ3n) is 6.08. The molecule has 0 saturated carbocycles. The first-order valence-electron chi connectivity index (χ1n) is 14.2. The van der Waals surface area contributed by atoms with Gasteiger partial charge in [0.15, 0.2) is 12.5 Å². The highest BCUT2D eigenvalue weighted by Crippen LogP contribution is 2.25. The van der Waals surface area contributed by atoms with E-state index < -0.39 is 68.1 Å². The Hall–Kier alpha value is -2.85. The van der Waals surface area contributed by atoms with Gasteiger partial charge >= 0.3 is 0 Å². The standard InChI is InChI=1S/C26H34FNO9.C2H6.3CH3F/c1-2-19(30)23(32)18(14-35-26-25(34)24(33)22(27)20(13-29)37-26)28-21(31)12-15-8-10-17(11-9-15)36-16-6-4-3-5-7-16;4*1-2/h3-11,18-20,22-26,29-30,32-34H,2,12-14H2,1H3,(H,28,31);1-2H3;3*1H3/t18-,19+,20?,22-,23-,24-,25?,26-;;;;/m0..../s1. The lowest BCUT2D eigenvalue weighted by Gasteiger charge is -2.39. The minimum absolute atomic E-state index is 0.0472. The number of aliphatic hydroxyl groups is 5. The van der Waals surface area contributed by atoms with Gasteiger partial charge in [-0.2, -0.15) is 0 Å². The van der Waals surface area contributed by atoms with Gasteiger partial charge in [0.1, 0.15) is 35.9 Å². The first-order chi connectivity index (χ1) is 21.7. The van der Waals surface area contributed by atoms with E-state index in [1.807, 2.05) is 44.2 Å². The van der Waals surface area contributed by atoms with E-state index in [0.717, 1.165) is 0 Å². The Morgan fingerprint density at radius 1 is 0.911 bits per heavy atom. The van der Waals surface area contributed by atoms with Crippen LogP contribution in [0, 0.1) is 0 Å². The molecule has 8 atom stereocenters. The van der Waals surface area contributed by atoms with Crippen LogP contribution < -0.4 is 10.1 Å². The summed E-state index contributed by atoms with van der Waals surface area (Å²) in [5.74, 6) is 0.786. The van der Waals surface area contributed by atoms with Crippen LogP contribution in [0.1, 0.15) is 32.8 Å². The zero-order chi connectivity index (χ0) is 34.9. The van der Waals surface area contributed by atoms with Crippen LogP contribution in [0.15, 0.2) is 54.6 Å². The van der Waals surface area contributed by atoms with Gasteiger partial charge in [-0.1, -0.05) is 51.1 Å². The summed E-state index contributed by atoms with van der Waals surface area (Å²) in [5.41, 5.74) is 0.664. The fraction of sp³-hybridized carbons (Fsp3) is 0.581. The van der Waals surface area contributed by atoms with Crippen LogP contribution in [0.4, 0.5) is 17.6 Å². The van der Waals surface area contributed by atoms with Crippen molar-refractivity contribution in [3.63, 3.8) is 0 Å². The maximum absolute atomic E-state index is 14.0. The van der Waals surface area contributed by atoms with Crippen molar-refractivity contribution in [2.75, 3.05) is 34.7 Å². The van der Waals surface area contributed by atoms with Crippen LogP contribution in [0.5, 0.6) is 11.5 Å². The Morgan fingerprint density at radius 2 is 1.44 bits per heavy atom. The lowest BCUT2D eigenvalue weighted by Crippen LogP contribution is -2.59. The molecule has 1 amide bonds. The molecular formula is C31H49F4NO9. The molecule has 2 unspecified atom stereocenters. The molecule has 3 rings (SSSR count). The Morgan fingerprint density at radius 3 is 1.96 bits per heavy atom. The molecule has 10 nitrogen and oxygen atoms in total. The van der Waals surface area contributed by atoms with Crippen molar-refractivity contribution >= 4 is 5.91 Å². The second-order valence-corrected chi connectivity index (χ2v) is 8.86. The largest absolute Gasteiger partial charge is 0.457 e. The molecule has 2 aromatic carbocycles. The van der Waals surface area contributed by atoms with Gasteiger partial charge in [0.25, 0.3) is 0 Å². The average molecular weight is 656 g/mol. The molecule has 0 spiro atoms. The minimum atomic E-state index is -2.02. The fourth-order valence-corrected chi connectivity index (χ4v) is 3.86. The molecule has 0 radical (unpaired) electrons.